The highest BCUT2D eigenvalue weighted by Gasteiger charge is 2.11. The predicted molar refractivity (Wildman–Crippen MR) is 77.8 cm³/mol. The van der Waals surface area contributed by atoms with Crippen molar-refractivity contribution in [2.45, 2.75) is 6.92 Å². The Morgan fingerprint density at radius 3 is 2.61 bits per heavy atom. The smallest absolute Gasteiger partial charge is 0.236 e. The third-order valence-electron chi connectivity index (χ3n) is 2.59. The third kappa shape index (κ3) is 4.58. The zero-order valence-corrected chi connectivity index (χ0v) is 11.6. The number of anilines is 2. The summed E-state index contributed by atoms with van der Waals surface area (Å²) in [6.45, 7) is 2.12. The van der Waals surface area contributed by atoms with Gasteiger partial charge in [-0.25, -0.2) is 0 Å². The van der Waals surface area contributed by atoms with Gasteiger partial charge in [0.15, 0.2) is 0 Å². The molecule has 0 aliphatic carbocycles. The van der Waals surface area contributed by atoms with E-state index in [1.165, 1.54) is 0 Å². The molecule has 0 spiro atoms. The zero-order valence-electron chi connectivity index (χ0n) is 10.8. The Bertz CT molecular complexity index is 381. The molecule has 0 saturated heterocycles. The largest absolute Gasteiger partial charge is 0.399 e. The minimum atomic E-state index is 0.0508. The number of aliphatic hydroxyl groups is 1. The number of thioether (sulfide) groups is 1. The van der Waals surface area contributed by atoms with Crippen LogP contribution >= 0.6 is 11.8 Å². The maximum atomic E-state index is 11.9. The first-order chi connectivity index (χ1) is 8.54. The number of nitrogens with two attached hydrogens (primary N) is 1. The number of hydrogen-bond acceptors (Lipinski definition) is 4. The fourth-order valence-corrected chi connectivity index (χ4v) is 2.33. The number of nitrogen functional groups attached to an aromatic ring is 1. The van der Waals surface area contributed by atoms with Crippen LogP contribution in [0.3, 0.4) is 0 Å². The molecule has 0 bridgehead atoms. The molecule has 1 atom stereocenters. The second-order valence-electron chi connectivity index (χ2n) is 4.35. The maximum absolute atomic E-state index is 11.9. The Labute approximate surface area is 112 Å². The molecule has 1 aromatic rings. The summed E-state index contributed by atoms with van der Waals surface area (Å²) in [4.78, 5) is 13.5. The van der Waals surface area contributed by atoms with Crippen LogP contribution in [0, 0.1) is 5.92 Å². The standard InChI is InChI=1S/C13H20N2O2S/c1-10(7-16)8-18-9-13(17)15(2)12-5-3-11(14)4-6-12/h3-6,10,16H,7-9,14H2,1-2H3. The Morgan fingerprint density at radius 2 is 2.06 bits per heavy atom. The molecule has 100 valence electrons. The molecule has 5 heteroatoms. The molecule has 4 nitrogen and oxygen atoms in total. The van der Waals surface area contributed by atoms with E-state index in [0.29, 0.717) is 11.4 Å². The molecule has 0 aromatic heterocycles. The van der Waals surface area contributed by atoms with Crippen LogP contribution in [0.4, 0.5) is 11.4 Å². The molecule has 1 unspecified atom stereocenters. The Morgan fingerprint density at radius 1 is 1.44 bits per heavy atom. The first-order valence-corrected chi connectivity index (χ1v) is 7.00. The van der Waals surface area contributed by atoms with Crippen LogP contribution in [0.15, 0.2) is 24.3 Å². The molecule has 0 heterocycles. The normalized spacial score (nSPS) is 12.2. The number of nitrogens with zero attached hydrogens (tertiary/aromatic N) is 1. The highest BCUT2D eigenvalue weighted by atomic mass is 32.2. The highest BCUT2D eigenvalue weighted by molar-refractivity contribution is 7.99. The van der Waals surface area contributed by atoms with Crippen LogP contribution in [-0.4, -0.2) is 36.2 Å². The molecule has 0 aliphatic rings. The highest BCUT2D eigenvalue weighted by Crippen LogP contribution is 2.16. The van der Waals surface area contributed by atoms with Crippen molar-refractivity contribution in [3.8, 4) is 0 Å². The Balaban J connectivity index is 2.44. The molecule has 1 rings (SSSR count). The quantitative estimate of drug-likeness (QED) is 0.769. The average Bonchev–Trinajstić information content (AvgIpc) is 2.38. The van der Waals surface area contributed by atoms with Gasteiger partial charge in [0.1, 0.15) is 0 Å². The monoisotopic (exact) mass is 268 g/mol. The van der Waals surface area contributed by atoms with Gasteiger partial charge in [0.2, 0.25) is 5.91 Å². The summed E-state index contributed by atoms with van der Waals surface area (Å²) in [7, 11) is 1.75. The molecule has 0 radical (unpaired) electrons. The fourth-order valence-electron chi connectivity index (χ4n) is 1.34. The van der Waals surface area contributed by atoms with E-state index in [0.717, 1.165) is 11.4 Å². The van der Waals surface area contributed by atoms with Gasteiger partial charge in [-0.05, 0) is 35.9 Å². The van der Waals surface area contributed by atoms with Crippen LogP contribution in [-0.2, 0) is 4.79 Å². The van der Waals surface area contributed by atoms with E-state index in [1.807, 2.05) is 19.1 Å². The zero-order chi connectivity index (χ0) is 13.5. The van der Waals surface area contributed by atoms with Gasteiger partial charge in [0.05, 0.1) is 5.75 Å². The van der Waals surface area contributed by atoms with Crippen LogP contribution in [0.2, 0.25) is 0 Å². The van der Waals surface area contributed by atoms with Gasteiger partial charge in [-0.1, -0.05) is 6.92 Å². The second-order valence-corrected chi connectivity index (χ2v) is 5.38. The topological polar surface area (TPSA) is 66.6 Å². The molecule has 18 heavy (non-hydrogen) atoms. The molecule has 0 saturated carbocycles. The molecule has 1 amide bonds. The van der Waals surface area contributed by atoms with Gasteiger partial charge in [-0.3, -0.25) is 4.79 Å². The van der Waals surface area contributed by atoms with E-state index in [-0.39, 0.29) is 18.4 Å². The second kappa shape index (κ2) is 7.28. The molecular weight excluding hydrogens is 248 g/mol. The number of amides is 1. The third-order valence-corrected chi connectivity index (χ3v) is 3.85. The summed E-state index contributed by atoms with van der Waals surface area (Å²) in [5, 5.41) is 8.89. The van der Waals surface area contributed by atoms with Crippen molar-refractivity contribution in [1.29, 1.82) is 0 Å². The summed E-state index contributed by atoms with van der Waals surface area (Å²) in [6.07, 6.45) is 0. The van der Waals surface area contributed by atoms with Crippen molar-refractivity contribution in [2.24, 2.45) is 5.92 Å². The minimum absolute atomic E-state index is 0.0508. The predicted octanol–water partition coefficient (Wildman–Crippen LogP) is 1.59. The summed E-state index contributed by atoms with van der Waals surface area (Å²) in [6, 6.07) is 7.21. The van der Waals surface area contributed by atoms with E-state index in [9.17, 15) is 4.79 Å². The summed E-state index contributed by atoms with van der Waals surface area (Å²) in [5.41, 5.74) is 7.12. The van der Waals surface area contributed by atoms with Gasteiger partial charge >= 0.3 is 0 Å². The van der Waals surface area contributed by atoms with Crippen LogP contribution in [0.5, 0.6) is 0 Å². The van der Waals surface area contributed by atoms with Crippen molar-refractivity contribution in [3.05, 3.63) is 24.3 Å². The van der Waals surface area contributed by atoms with E-state index >= 15 is 0 Å². The molecule has 0 fully saturated rings. The average molecular weight is 268 g/mol. The van der Waals surface area contributed by atoms with Crippen molar-refractivity contribution in [3.63, 3.8) is 0 Å². The number of benzene rings is 1. The SMILES string of the molecule is CC(CO)CSCC(=O)N(C)c1ccc(N)cc1. The Hall–Kier alpha value is -1.20. The lowest BCUT2D eigenvalue weighted by atomic mass is 10.2. The van der Waals surface area contributed by atoms with Crippen molar-refractivity contribution in [1.82, 2.24) is 0 Å². The number of rotatable bonds is 6. The van der Waals surface area contributed by atoms with Crippen LogP contribution in [0.1, 0.15) is 6.92 Å². The molecule has 0 aliphatic heterocycles. The molecule has 1 aromatic carbocycles. The van der Waals surface area contributed by atoms with E-state index < -0.39 is 0 Å². The van der Waals surface area contributed by atoms with Crippen LogP contribution in [0.25, 0.3) is 0 Å². The van der Waals surface area contributed by atoms with Gasteiger partial charge in [-0.2, -0.15) is 11.8 Å². The van der Waals surface area contributed by atoms with Gasteiger partial charge in [0, 0.05) is 25.0 Å². The lowest BCUT2D eigenvalue weighted by molar-refractivity contribution is -0.115. The number of carbonyl (C=O) groups is 1. The van der Waals surface area contributed by atoms with Crippen molar-refractivity contribution >= 4 is 29.0 Å². The minimum Gasteiger partial charge on any atom is -0.399 e. The fraction of sp³-hybridized carbons (Fsp3) is 0.462. The first kappa shape index (κ1) is 14.9. The first-order valence-electron chi connectivity index (χ1n) is 5.85. The van der Waals surface area contributed by atoms with Gasteiger partial charge < -0.3 is 15.7 Å². The van der Waals surface area contributed by atoms with Gasteiger partial charge in [0.25, 0.3) is 0 Å². The number of hydrogen-bond donors (Lipinski definition) is 2. The number of carbonyl (C=O) groups excluding carboxylic acids is 1. The summed E-state index contributed by atoms with van der Waals surface area (Å²) in [5.74, 6) is 1.49. The lowest BCUT2D eigenvalue weighted by Gasteiger charge is -2.17. The van der Waals surface area contributed by atoms with E-state index in [2.05, 4.69) is 0 Å². The Kier molecular flexibility index (Phi) is 6.01. The molecule has 3 N–H and O–H groups in total. The van der Waals surface area contributed by atoms with E-state index in [4.69, 9.17) is 10.8 Å². The maximum Gasteiger partial charge on any atom is 0.236 e. The summed E-state index contributed by atoms with van der Waals surface area (Å²) >= 11 is 1.54. The summed E-state index contributed by atoms with van der Waals surface area (Å²) < 4.78 is 0. The van der Waals surface area contributed by atoms with E-state index in [1.54, 1.807) is 35.8 Å². The molecular formula is C13H20N2O2S. The van der Waals surface area contributed by atoms with Crippen molar-refractivity contribution < 1.29 is 9.90 Å². The number of aliphatic hydroxyl groups excluding tert-OH is 1. The van der Waals surface area contributed by atoms with Crippen LogP contribution < -0.4 is 10.6 Å². The lowest BCUT2D eigenvalue weighted by Crippen LogP contribution is -2.28. The van der Waals surface area contributed by atoms with Crippen molar-refractivity contribution in [2.75, 3.05) is 35.8 Å². The van der Waals surface area contributed by atoms with Gasteiger partial charge in [-0.15, -0.1) is 0 Å².